The molecule has 0 spiro atoms. The normalized spacial score (nSPS) is 19.7. The van der Waals surface area contributed by atoms with E-state index in [1.54, 1.807) is 11.8 Å². The van der Waals surface area contributed by atoms with Gasteiger partial charge >= 0.3 is 5.97 Å². The Kier molecular flexibility index (Phi) is 9.70. The maximum Gasteiger partial charge on any atom is 0.320 e. The van der Waals surface area contributed by atoms with Crippen molar-refractivity contribution in [1.29, 1.82) is 0 Å². The Hall–Kier alpha value is -2.04. The summed E-state index contributed by atoms with van der Waals surface area (Å²) in [6.07, 6.45) is 6.79. The highest BCUT2D eigenvalue weighted by molar-refractivity contribution is 8.00. The second kappa shape index (κ2) is 12.7. The van der Waals surface area contributed by atoms with Crippen LogP contribution in [0.15, 0.2) is 77.2 Å². The van der Waals surface area contributed by atoms with Crippen LogP contribution in [-0.2, 0) is 20.9 Å². The van der Waals surface area contributed by atoms with Gasteiger partial charge in [0.25, 0.3) is 0 Å². The average Bonchev–Trinajstić information content (AvgIpc) is 2.79. The first-order chi connectivity index (χ1) is 15.2. The lowest BCUT2D eigenvalue weighted by Gasteiger charge is -2.32. The minimum absolute atomic E-state index is 0.0952. The summed E-state index contributed by atoms with van der Waals surface area (Å²) in [6, 6.07) is 20.5. The van der Waals surface area contributed by atoms with Gasteiger partial charge in [0.1, 0.15) is 5.25 Å². The highest BCUT2D eigenvalue weighted by Gasteiger charge is 2.34. The second-order valence-electron chi connectivity index (χ2n) is 8.18. The molecule has 0 heterocycles. The van der Waals surface area contributed by atoms with Gasteiger partial charge in [0, 0.05) is 10.8 Å². The Bertz CT molecular complexity index is 819. The van der Waals surface area contributed by atoms with Gasteiger partial charge in [-0.1, -0.05) is 73.5 Å². The van der Waals surface area contributed by atoms with Crippen LogP contribution in [0, 0.1) is 11.8 Å². The van der Waals surface area contributed by atoms with E-state index in [0.29, 0.717) is 25.7 Å². The molecule has 3 atom stereocenters. The topological polar surface area (TPSA) is 35.5 Å². The zero-order valence-corrected chi connectivity index (χ0v) is 19.5. The summed E-state index contributed by atoms with van der Waals surface area (Å²) in [5.74, 6) is 0.431. The molecule has 0 bridgehead atoms. The van der Waals surface area contributed by atoms with Gasteiger partial charge in [-0.2, -0.15) is 0 Å². The van der Waals surface area contributed by atoms with E-state index in [1.165, 1.54) is 17.6 Å². The van der Waals surface area contributed by atoms with Crippen molar-refractivity contribution in [2.75, 3.05) is 13.2 Å². The summed E-state index contributed by atoms with van der Waals surface area (Å²) in [7, 11) is 0. The fraction of sp³-hybridized carbons (Fsp3) is 0.444. The maximum atomic E-state index is 12.9. The molecule has 0 aliphatic heterocycles. The highest BCUT2D eigenvalue weighted by Crippen LogP contribution is 2.40. The van der Waals surface area contributed by atoms with Crippen molar-refractivity contribution in [2.45, 2.75) is 56.3 Å². The first-order valence-electron chi connectivity index (χ1n) is 11.4. The second-order valence-corrected chi connectivity index (χ2v) is 9.39. The van der Waals surface area contributed by atoms with Crippen molar-refractivity contribution >= 4 is 17.7 Å². The predicted molar refractivity (Wildman–Crippen MR) is 128 cm³/mol. The minimum Gasteiger partial charge on any atom is -0.465 e. The van der Waals surface area contributed by atoms with E-state index < -0.39 is 0 Å². The summed E-state index contributed by atoms with van der Waals surface area (Å²) in [5.41, 5.74) is 2.59. The molecule has 3 nitrogen and oxygen atoms in total. The number of carbonyl (C=O) groups excluding carboxylic acids is 1. The Balaban J connectivity index is 1.68. The zero-order chi connectivity index (χ0) is 21.9. The number of hydrogen-bond donors (Lipinski definition) is 0. The fourth-order valence-electron chi connectivity index (χ4n) is 4.13. The van der Waals surface area contributed by atoms with Crippen LogP contribution in [0.2, 0.25) is 0 Å². The van der Waals surface area contributed by atoms with E-state index in [4.69, 9.17) is 9.47 Å². The number of hydrogen-bond acceptors (Lipinski definition) is 4. The first-order valence-corrected chi connectivity index (χ1v) is 12.3. The van der Waals surface area contributed by atoms with Gasteiger partial charge in [0.2, 0.25) is 0 Å². The summed E-state index contributed by atoms with van der Waals surface area (Å²) >= 11 is 1.64. The number of allylic oxidation sites excluding steroid dienone is 1. The molecule has 166 valence electrons. The SMILES string of the molecule is CCOC(=O)[C@H](Sc1ccccc1)[C@@H]1CCCC/C1=C\[C@H](C)COCc1ccccc1. The maximum absolute atomic E-state index is 12.9. The van der Waals surface area contributed by atoms with Crippen LogP contribution in [0.3, 0.4) is 0 Å². The van der Waals surface area contributed by atoms with Gasteiger partial charge in [0.05, 0.1) is 19.8 Å². The summed E-state index contributed by atoms with van der Waals surface area (Å²) in [6.45, 7) is 5.81. The molecular weight excluding hydrogens is 404 g/mol. The molecule has 0 amide bonds. The molecule has 1 aliphatic rings. The number of rotatable bonds is 10. The molecule has 0 unspecified atom stereocenters. The van der Waals surface area contributed by atoms with E-state index in [0.717, 1.165) is 24.2 Å². The van der Waals surface area contributed by atoms with Crippen molar-refractivity contribution in [2.24, 2.45) is 11.8 Å². The number of thioether (sulfide) groups is 1. The zero-order valence-electron chi connectivity index (χ0n) is 18.7. The van der Waals surface area contributed by atoms with Crippen LogP contribution in [0.4, 0.5) is 0 Å². The Morgan fingerprint density at radius 2 is 1.81 bits per heavy atom. The van der Waals surface area contributed by atoms with E-state index >= 15 is 0 Å². The fourth-order valence-corrected chi connectivity index (χ4v) is 5.38. The molecule has 1 saturated carbocycles. The van der Waals surface area contributed by atoms with Crippen molar-refractivity contribution in [3.63, 3.8) is 0 Å². The van der Waals surface area contributed by atoms with Gasteiger partial charge < -0.3 is 9.47 Å². The van der Waals surface area contributed by atoms with E-state index in [9.17, 15) is 4.79 Å². The lowest BCUT2D eigenvalue weighted by Crippen LogP contribution is -2.32. The van der Waals surface area contributed by atoms with Gasteiger partial charge in [0.15, 0.2) is 0 Å². The van der Waals surface area contributed by atoms with Gasteiger partial charge in [-0.05, 0) is 49.8 Å². The van der Waals surface area contributed by atoms with Crippen molar-refractivity contribution in [1.82, 2.24) is 0 Å². The molecule has 1 fully saturated rings. The monoisotopic (exact) mass is 438 g/mol. The largest absolute Gasteiger partial charge is 0.465 e. The highest BCUT2D eigenvalue weighted by atomic mass is 32.2. The molecule has 0 radical (unpaired) electrons. The minimum atomic E-state index is -0.202. The standard InChI is InChI=1S/C27H34O3S/c1-3-30-27(28)26(31-24-15-8-5-9-16-24)25-17-11-10-14-23(25)18-21(2)19-29-20-22-12-6-4-7-13-22/h4-9,12-13,15-16,18,21,25-26H,3,10-11,14,17,19-20H2,1-2H3/b23-18+/t21-,25+,26+/m0/s1. The molecular formula is C27H34O3S. The predicted octanol–water partition coefficient (Wildman–Crippen LogP) is 6.68. The number of benzene rings is 2. The average molecular weight is 439 g/mol. The summed E-state index contributed by atoms with van der Waals surface area (Å²) in [4.78, 5) is 14.0. The molecule has 1 aliphatic carbocycles. The summed E-state index contributed by atoms with van der Waals surface area (Å²) in [5, 5.41) is -0.202. The molecule has 31 heavy (non-hydrogen) atoms. The molecule has 0 aromatic heterocycles. The van der Waals surface area contributed by atoms with Crippen molar-refractivity contribution in [3.05, 3.63) is 77.9 Å². The molecule has 3 rings (SSSR count). The van der Waals surface area contributed by atoms with Crippen molar-refractivity contribution in [3.8, 4) is 0 Å². The Morgan fingerprint density at radius 3 is 2.52 bits per heavy atom. The Labute approximate surface area is 191 Å². The third-order valence-corrected chi connectivity index (χ3v) is 6.91. The first kappa shape index (κ1) is 23.6. The van der Waals surface area contributed by atoms with Crippen molar-refractivity contribution < 1.29 is 14.3 Å². The lowest BCUT2D eigenvalue weighted by atomic mass is 9.80. The smallest absolute Gasteiger partial charge is 0.320 e. The van der Waals surface area contributed by atoms with Gasteiger partial charge in [-0.3, -0.25) is 4.79 Å². The third-order valence-electron chi connectivity index (χ3n) is 5.59. The molecule has 0 saturated heterocycles. The summed E-state index contributed by atoms with van der Waals surface area (Å²) < 4.78 is 11.4. The lowest BCUT2D eigenvalue weighted by molar-refractivity contribution is -0.143. The van der Waals surface area contributed by atoms with Gasteiger partial charge in [-0.15, -0.1) is 11.8 Å². The number of carbonyl (C=O) groups is 1. The van der Waals surface area contributed by atoms with E-state index in [1.807, 2.05) is 43.3 Å². The third kappa shape index (κ3) is 7.55. The van der Waals surface area contributed by atoms with E-state index in [2.05, 4.69) is 37.3 Å². The van der Waals surface area contributed by atoms with E-state index in [-0.39, 0.29) is 17.1 Å². The van der Waals surface area contributed by atoms with Gasteiger partial charge in [-0.25, -0.2) is 0 Å². The molecule has 0 N–H and O–H groups in total. The molecule has 2 aromatic rings. The van der Waals surface area contributed by atoms with Crippen LogP contribution in [0.5, 0.6) is 0 Å². The Morgan fingerprint density at radius 1 is 1.10 bits per heavy atom. The van der Waals surface area contributed by atoms with Crippen LogP contribution >= 0.6 is 11.8 Å². The number of ether oxygens (including phenoxy) is 2. The van der Waals surface area contributed by atoms with Crippen LogP contribution in [-0.4, -0.2) is 24.4 Å². The van der Waals surface area contributed by atoms with Crippen LogP contribution in [0.1, 0.15) is 45.1 Å². The molecule has 2 aromatic carbocycles. The number of esters is 1. The molecule has 4 heteroatoms. The quantitative estimate of drug-likeness (QED) is 0.235. The van der Waals surface area contributed by atoms with Crippen LogP contribution in [0.25, 0.3) is 0 Å². The van der Waals surface area contributed by atoms with Crippen LogP contribution < -0.4 is 0 Å².